The van der Waals surface area contributed by atoms with Crippen molar-refractivity contribution in [2.24, 2.45) is 5.41 Å². The number of rotatable bonds is 5. The van der Waals surface area contributed by atoms with Crippen molar-refractivity contribution >= 4 is 0 Å². The molecule has 0 aliphatic carbocycles. The Morgan fingerprint density at radius 1 is 1.25 bits per heavy atom. The lowest BCUT2D eigenvalue weighted by molar-refractivity contribution is 0.262. The van der Waals surface area contributed by atoms with Crippen LogP contribution < -0.4 is 5.32 Å². The van der Waals surface area contributed by atoms with Crippen molar-refractivity contribution in [3.8, 4) is 0 Å². The first-order valence-electron chi connectivity index (χ1n) is 7.94. The fourth-order valence-corrected chi connectivity index (χ4v) is 3.15. The molecule has 0 amide bonds. The number of benzene rings is 1. The van der Waals surface area contributed by atoms with Gasteiger partial charge >= 0.3 is 0 Å². The molecule has 0 radical (unpaired) electrons. The number of nitrogens with zero attached hydrogens (tertiary/aromatic N) is 1. The Labute approximate surface area is 124 Å². The fourth-order valence-electron chi connectivity index (χ4n) is 3.15. The first-order chi connectivity index (χ1) is 9.41. The summed E-state index contributed by atoms with van der Waals surface area (Å²) in [5.41, 5.74) is 4.69. The summed E-state index contributed by atoms with van der Waals surface area (Å²) in [6.07, 6.45) is 1.32. The van der Waals surface area contributed by atoms with Gasteiger partial charge in [0, 0.05) is 19.1 Å². The second-order valence-electron chi connectivity index (χ2n) is 7.10. The van der Waals surface area contributed by atoms with Gasteiger partial charge in [0.1, 0.15) is 0 Å². The Kier molecular flexibility index (Phi) is 4.87. The van der Waals surface area contributed by atoms with Gasteiger partial charge < -0.3 is 10.2 Å². The topological polar surface area (TPSA) is 15.3 Å². The average molecular weight is 274 g/mol. The predicted molar refractivity (Wildman–Crippen MR) is 87.2 cm³/mol. The Morgan fingerprint density at radius 3 is 2.55 bits per heavy atom. The van der Waals surface area contributed by atoms with Gasteiger partial charge in [-0.2, -0.15) is 0 Å². The smallest absolute Gasteiger partial charge is 0.0449 e. The van der Waals surface area contributed by atoms with Gasteiger partial charge in [-0.1, -0.05) is 39.0 Å². The highest BCUT2D eigenvalue weighted by molar-refractivity contribution is 5.32. The van der Waals surface area contributed by atoms with Crippen LogP contribution in [0.15, 0.2) is 18.2 Å². The molecule has 1 aromatic carbocycles. The van der Waals surface area contributed by atoms with E-state index in [-0.39, 0.29) is 0 Å². The molecule has 0 bridgehead atoms. The number of likely N-dealkylation sites (tertiary alicyclic amines) is 1. The van der Waals surface area contributed by atoms with Crippen LogP contribution in [0.4, 0.5) is 0 Å². The van der Waals surface area contributed by atoms with E-state index in [1.807, 2.05) is 0 Å². The molecule has 0 aromatic heterocycles. The van der Waals surface area contributed by atoms with Crippen LogP contribution in [0.1, 0.15) is 49.9 Å². The van der Waals surface area contributed by atoms with E-state index < -0.39 is 0 Å². The van der Waals surface area contributed by atoms with Gasteiger partial charge in [-0.25, -0.2) is 0 Å². The lowest BCUT2D eigenvalue weighted by Gasteiger charge is -2.26. The van der Waals surface area contributed by atoms with Crippen molar-refractivity contribution in [1.82, 2.24) is 10.2 Å². The van der Waals surface area contributed by atoms with Crippen LogP contribution >= 0.6 is 0 Å². The minimum Gasteiger partial charge on any atom is -0.309 e. The minimum absolute atomic E-state index is 0.452. The lowest BCUT2D eigenvalue weighted by atomic mass is 9.93. The van der Waals surface area contributed by atoms with E-state index in [1.165, 1.54) is 36.2 Å². The van der Waals surface area contributed by atoms with E-state index in [0.717, 1.165) is 13.1 Å². The molecule has 1 aliphatic rings. The van der Waals surface area contributed by atoms with E-state index in [4.69, 9.17) is 0 Å². The van der Waals surface area contributed by atoms with E-state index in [2.05, 4.69) is 63.0 Å². The summed E-state index contributed by atoms with van der Waals surface area (Å²) < 4.78 is 0. The van der Waals surface area contributed by atoms with Crippen molar-refractivity contribution < 1.29 is 0 Å². The van der Waals surface area contributed by atoms with E-state index >= 15 is 0 Å². The van der Waals surface area contributed by atoms with Crippen LogP contribution in [0, 0.1) is 19.3 Å². The highest BCUT2D eigenvalue weighted by Gasteiger charge is 2.30. The van der Waals surface area contributed by atoms with Crippen LogP contribution in [0.2, 0.25) is 0 Å². The van der Waals surface area contributed by atoms with Crippen LogP contribution in [0.5, 0.6) is 0 Å². The van der Waals surface area contributed by atoms with Gasteiger partial charge in [0.2, 0.25) is 0 Å². The van der Waals surface area contributed by atoms with Gasteiger partial charge in [0.25, 0.3) is 0 Å². The molecule has 2 rings (SSSR count). The van der Waals surface area contributed by atoms with Crippen molar-refractivity contribution in [2.75, 3.05) is 26.2 Å². The molecule has 0 saturated carbocycles. The number of aryl methyl sites for hydroxylation is 2. The number of nitrogens with one attached hydrogen (secondary N) is 1. The maximum absolute atomic E-state index is 3.66. The third-order valence-electron chi connectivity index (χ3n) is 4.58. The molecule has 20 heavy (non-hydrogen) atoms. The maximum Gasteiger partial charge on any atom is 0.0449 e. The third-order valence-corrected chi connectivity index (χ3v) is 4.58. The highest BCUT2D eigenvalue weighted by atomic mass is 15.2. The molecular weight excluding hydrogens is 244 g/mol. The van der Waals surface area contributed by atoms with Gasteiger partial charge in [0.05, 0.1) is 0 Å². The van der Waals surface area contributed by atoms with Crippen molar-refractivity contribution in [3.05, 3.63) is 34.9 Å². The molecule has 1 aromatic rings. The standard InChI is InChI=1S/C18H30N2/c1-6-19-17(12-20-10-9-18(4,5)13-20)16-8-7-14(2)15(3)11-16/h7-8,11,17,19H,6,9-10,12-13H2,1-5H3. The van der Waals surface area contributed by atoms with Crippen LogP contribution in [-0.4, -0.2) is 31.1 Å². The Balaban J connectivity index is 2.08. The molecule has 1 unspecified atom stereocenters. The predicted octanol–water partition coefficient (Wildman–Crippen LogP) is 3.69. The average Bonchev–Trinajstić information content (AvgIpc) is 2.72. The molecule has 2 heteroatoms. The van der Waals surface area contributed by atoms with Crippen molar-refractivity contribution in [1.29, 1.82) is 0 Å². The molecule has 112 valence electrons. The summed E-state index contributed by atoms with van der Waals surface area (Å²) in [6.45, 7) is 16.0. The molecule has 1 saturated heterocycles. The number of hydrogen-bond acceptors (Lipinski definition) is 2. The second kappa shape index (κ2) is 6.28. The maximum atomic E-state index is 3.66. The van der Waals surface area contributed by atoms with Crippen LogP contribution in [-0.2, 0) is 0 Å². The second-order valence-corrected chi connectivity index (χ2v) is 7.10. The molecule has 1 fully saturated rings. The van der Waals surface area contributed by atoms with Gasteiger partial charge in [-0.3, -0.25) is 0 Å². The van der Waals surface area contributed by atoms with E-state index in [1.54, 1.807) is 0 Å². The van der Waals surface area contributed by atoms with Crippen LogP contribution in [0.3, 0.4) is 0 Å². The first kappa shape index (κ1) is 15.5. The van der Waals surface area contributed by atoms with E-state index in [0.29, 0.717) is 11.5 Å². The molecule has 2 nitrogen and oxygen atoms in total. The Hall–Kier alpha value is -0.860. The van der Waals surface area contributed by atoms with Crippen molar-refractivity contribution in [2.45, 2.75) is 47.1 Å². The first-order valence-corrected chi connectivity index (χ1v) is 7.94. The summed E-state index contributed by atoms with van der Waals surface area (Å²) in [7, 11) is 0. The van der Waals surface area contributed by atoms with Crippen molar-refractivity contribution in [3.63, 3.8) is 0 Å². The van der Waals surface area contributed by atoms with E-state index in [9.17, 15) is 0 Å². The molecule has 1 heterocycles. The zero-order chi connectivity index (χ0) is 14.8. The summed E-state index contributed by atoms with van der Waals surface area (Å²) in [5, 5.41) is 3.66. The largest absolute Gasteiger partial charge is 0.309 e. The molecular formula is C18H30N2. The summed E-state index contributed by atoms with van der Waals surface area (Å²) in [4.78, 5) is 2.61. The Morgan fingerprint density at radius 2 is 2.00 bits per heavy atom. The van der Waals surface area contributed by atoms with Gasteiger partial charge in [-0.15, -0.1) is 0 Å². The normalized spacial score (nSPS) is 20.2. The zero-order valence-corrected chi connectivity index (χ0v) is 13.8. The summed E-state index contributed by atoms with van der Waals surface area (Å²) >= 11 is 0. The van der Waals surface area contributed by atoms with Gasteiger partial charge in [0.15, 0.2) is 0 Å². The number of likely N-dealkylation sites (N-methyl/N-ethyl adjacent to an activating group) is 1. The highest BCUT2D eigenvalue weighted by Crippen LogP contribution is 2.30. The molecule has 0 spiro atoms. The fraction of sp³-hybridized carbons (Fsp3) is 0.667. The zero-order valence-electron chi connectivity index (χ0n) is 13.8. The Bertz CT molecular complexity index is 451. The molecule has 1 aliphatic heterocycles. The third kappa shape index (κ3) is 3.83. The van der Waals surface area contributed by atoms with Crippen LogP contribution in [0.25, 0.3) is 0 Å². The summed E-state index contributed by atoms with van der Waals surface area (Å²) in [6, 6.07) is 7.34. The molecule has 1 atom stereocenters. The molecule has 1 N–H and O–H groups in total. The summed E-state index contributed by atoms with van der Waals surface area (Å²) in [5.74, 6) is 0. The monoisotopic (exact) mass is 274 g/mol. The SMILES string of the molecule is CCNC(CN1CCC(C)(C)C1)c1ccc(C)c(C)c1. The lowest BCUT2D eigenvalue weighted by Crippen LogP contribution is -2.34. The quantitative estimate of drug-likeness (QED) is 0.881. The van der Waals surface area contributed by atoms with Gasteiger partial charge in [-0.05, 0) is 55.5 Å². The minimum atomic E-state index is 0.452. The number of hydrogen-bond donors (Lipinski definition) is 1.